The minimum atomic E-state index is -0.467. The molecular weight excluding hydrogens is 384 g/mol. The van der Waals surface area contributed by atoms with Crippen LogP contribution < -0.4 is 5.32 Å². The molecule has 5 nitrogen and oxygen atoms in total. The number of amides is 1. The van der Waals surface area contributed by atoms with Crippen molar-refractivity contribution in [2.45, 2.75) is 26.2 Å². The Labute approximate surface area is 155 Å². The first kappa shape index (κ1) is 18.9. The molecule has 0 unspecified atom stereocenters. The highest BCUT2D eigenvalue weighted by Crippen LogP contribution is 2.30. The van der Waals surface area contributed by atoms with Crippen LogP contribution in [-0.2, 0) is 10.2 Å². The highest BCUT2D eigenvalue weighted by molar-refractivity contribution is 9.10. The fraction of sp³-hybridized carbons (Fsp3) is 0.211. The second-order valence-corrected chi connectivity index (χ2v) is 7.47. The van der Waals surface area contributed by atoms with Crippen LogP contribution in [0.15, 0.2) is 53.0 Å². The first-order valence-corrected chi connectivity index (χ1v) is 8.49. The number of carbonyl (C=O) groups excluding carboxylic acids is 1. The maximum atomic E-state index is 12.1. The van der Waals surface area contributed by atoms with Crippen molar-refractivity contribution in [3.8, 4) is 0 Å². The van der Waals surface area contributed by atoms with Gasteiger partial charge < -0.3 is 5.32 Å². The van der Waals surface area contributed by atoms with Crippen molar-refractivity contribution in [2.75, 3.05) is 5.32 Å². The van der Waals surface area contributed by atoms with Gasteiger partial charge in [-0.05, 0) is 50.7 Å². The first-order chi connectivity index (χ1) is 11.7. The zero-order chi connectivity index (χ0) is 18.6. The summed E-state index contributed by atoms with van der Waals surface area (Å²) in [4.78, 5) is 22.4. The molecular formula is C19H19BrN2O3. The van der Waals surface area contributed by atoms with Crippen LogP contribution in [0, 0.1) is 10.1 Å². The molecule has 0 bridgehead atoms. The summed E-state index contributed by atoms with van der Waals surface area (Å²) < 4.78 is 0.803. The SMILES string of the molecule is CC(C)(C)c1ccc(NC(=O)/C=C/c2cccc([N+](=O)[O-])c2)c(Br)c1. The van der Waals surface area contributed by atoms with Crippen molar-refractivity contribution in [1.29, 1.82) is 0 Å². The zero-order valence-corrected chi connectivity index (χ0v) is 15.8. The number of carbonyl (C=O) groups is 1. The van der Waals surface area contributed by atoms with Gasteiger partial charge in [0.15, 0.2) is 0 Å². The predicted molar refractivity (Wildman–Crippen MR) is 104 cm³/mol. The minimum absolute atomic E-state index is 0.0110. The van der Waals surface area contributed by atoms with Crippen LogP contribution in [0.2, 0.25) is 0 Å². The van der Waals surface area contributed by atoms with E-state index in [1.54, 1.807) is 18.2 Å². The van der Waals surface area contributed by atoms with Gasteiger partial charge in [0.25, 0.3) is 5.69 Å². The molecule has 0 aliphatic rings. The molecule has 2 rings (SSSR count). The lowest BCUT2D eigenvalue weighted by molar-refractivity contribution is -0.384. The van der Waals surface area contributed by atoms with Gasteiger partial charge in [-0.2, -0.15) is 0 Å². The molecule has 2 aromatic rings. The van der Waals surface area contributed by atoms with Gasteiger partial charge in [0.1, 0.15) is 0 Å². The fourth-order valence-electron chi connectivity index (χ4n) is 2.17. The van der Waals surface area contributed by atoms with E-state index in [4.69, 9.17) is 0 Å². The molecule has 0 atom stereocenters. The van der Waals surface area contributed by atoms with Crippen LogP contribution in [0.1, 0.15) is 31.9 Å². The van der Waals surface area contributed by atoms with Gasteiger partial charge in [0.2, 0.25) is 5.91 Å². The molecule has 0 saturated heterocycles. The third-order valence-corrected chi connectivity index (χ3v) is 4.26. The maximum absolute atomic E-state index is 12.1. The van der Waals surface area contributed by atoms with E-state index >= 15 is 0 Å². The predicted octanol–water partition coefficient (Wildman–Crippen LogP) is 5.31. The standard InChI is InChI=1S/C19H19BrN2O3/c1-19(2,3)14-8-9-17(16(20)12-14)21-18(23)10-7-13-5-4-6-15(11-13)22(24)25/h4-12H,1-3H3,(H,21,23)/b10-7+. The number of nitro benzene ring substituents is 1. The quantitative estimate of drug-likeness (QED) is 0.427. The van der Waals surface area contributed by atoms with Crippen LogP contribution in [0.5, 0.6) is 0 Å². The topological polar surface area (TPSA) is 72.2 Å². The van der Waals surface area contributed by atoms with Gasteiger partial charge in [0, 0.05) is 22.7 Å². The normalized spacial score (nSPS) is 11.5. The molecule has 1 amide bonds. The van der Waals surface area contributed by atoms with Crippen molar-refractivity contribution < 1.29 is 9.72 Å². The highest BCUT2D eigenvalue weighted by Gasteiger charge is 2.15. The molecule has 2 aromatic carbocycles. The Morgan fingerprint density at radius 3 is 2.52 bits per heavy atom. The Bertz CT molecular complexity index is 839. The number of rotatable bonds is 4. The Kier molecular flexibility index (Phi) is 5.74. The van der Waals surface area contributed by atoms with Crippen LogP contribution in [0.4, 0.5) is 11.4 Å². The summed E-state index contributed by atoms with van der Waals surface area (Å²) in [5.41, 5.74) is 2.42. The third kappa shape index (κ3) is 5.26. The summed E-state index contributed by atoms with van der Waals surface area (Å²) in [6, 6.07) is 11.9. The van der Waals surface area contributed by atoms with E-state index in [9.17, 15) is 14.9 Å². The molecule has 6 heteroatoms. The summed E-state index contributed by atoms with van der Waals surface area (Å²) in [6.45, 7) is 6.36. The molecule has 0 aliphatic heterocycles. The van der Waals surface area contributed by atoms with E-state index in [2.05, 4.69) is 42.0 Å². The first-order valence-electron chi connectivity index (χ1n) is 7.70. The average Bonchev–Trinajstić information content (AvgIpc) is 2.54. The third-order valence-electron chi connectivity index (χ3n) is 3.60. The van der Waals surface area contributed by atoms with Crippen molar-refractivity contribution in [3.05, 3.63) is 74.3 Å². The largest absolute Gasteiger partial charge is 0.321 e. The molecule has 0 radical (unpaired) electrons. The van der Waals surface area contributed by atoms with E-state index < -0.39 is 4.92 Å². The lowest BCUT2D eigenvalue weighted by Gasteiger charge is -2.20. The second kappa shape index (κ2) is 7.61. The van der Waals surface area contributed by atoms with Crippen LogP contribution in [-0.4, -0.2) is 10.8 Å². The number of anilines is 1. The number of non-ortho nitro benzene ring substituents is 1. The Hall–Kier alpha value is -2.47. The van der Waals surface area contributed by atoms with E-state index in [0.29, 0.717) is 11.3 Å². The average molecular weight is 403 g/mol. The number of nitrogens with zero attached hydrogens (tertiary/aromatic N) is 1. The van der Waals surface area contributed by atoms with Gasteiger partial charge >= 0.3 is 0 Å². The number of nitro groups is 1. The minimum Gasteiger partial charge on any atom is -0.321 e. The summed E-state index contributed by atoms with van der Waals surface area (Å²) >= 11 is 3.48. The van der Waals surface area contributed by atoms with Gasteiger partial charge in [-0.15, -0.1) is 0 Å². The van der Waals surface area contributed by atoms with E-state index in [1.165, 1.54) is 18.2 Å². The smallest absolute Gasteiger partial charge is 0.270 e. The molecule has 1 N–H and O–H groups in total. The molecule has 0 saturated carbocycles. The number of hydrogen-bond donors (Lipinski definition) is 1. The van der Waals surface area contributed by atoms with Gasteiger partial charge in [-0.3, -0.25) is 14.9 Å². The van der Waals surface area contributed by atoms with Crippen LogP contribution in [0.25, 0.3) is 6.08 Å². The Balaban J connectivity index is 2.10. The van der Waals surface area contributed by atoms with Crippen molar-refractivity contribution in [3.63, 3.8) is 0 Å². The van der Waals surface area contributed by atoms with Gasteiger partial charge in [0.05, 0.1) is 10.6 Å². The molecule has 130 valence electrons. The zero-order valence-electron chi connectivity index (χ0n) is 14.2. The molecule has 25 heavy (non-hydrogen) atoms. The second-order valence-electron chi connectivity index (χ2n) is 6.62. The van der Waals surface area contributed by atoms with Crippen LogP contribution in [0.3, 0.4) is 0 Å². The number of halogens is 1. The fourth-order valence-corrected chi connectivity index (χ4v) is 2.65. The van der Waals surface area contributed by atoms with E-state index in [0.717, 1.165) is 10.0 Å². The van der Waals surface area contributed by atoms with E-state index in [1.807, 2.05) is 18.2 Å². The number of benzene rings is 2. The van der Waals surface area contributed by atoms with Gasteiger partial charge in [-0.1, -0.05) is 39.0 Å². The molecule has 0 heterocycles. The lowest BCUT2D eigenvalue weighted by atomic mass is 9.87. The lowest BCUT2D eigenvalue weighted by Crippen LogP contribution is -2.12. The number of nitrogens with one attached hydrogen (secondary N) is 1. The summed E-state index contributed by atoms with van der Waals surface area (Å²) in [7, 11) is 0. The molecule has 0 spiro atoms. The highest BCUT2D eigenvalue weighted by atomic mass is 79.9. The summed E-state index contributed by atoms with van der Waals surface area (Å²) in [5, 5.41) is 13.6. The number of hydrogen-bond acceptors (Lipinski definition) is 3. The Morgan fingerprint density at radius 2 is 1.92 bits per heavy atom. The monoisotopic (exact) mass is 402 g/mol. The summed E-state index contributed by atoms with van der Waals surface area (Å²) in [5.74, 6) is -0.310. The molecule has 0 aliphatic carbocycles. The van der Waals surface area contributed by atoms with Crippen molar-refractivity contribution in [2.24, 2.45) is 0 Å². The summed E-state index contributed by atoms with van der Waals surface area (Å²) in [6.07, 6.45) is 2.89. The van der Waals surface area contributed by atoms with Crippen molar-refractivity contribution in [1.82, 2.24) is 0 Å². The van der Waals surface area contributed by atoms with E-state index in [-0.39, 0.29) is 17.0 Å². The van der Waals surface area contributed by atoms with Crippen molar-refractivity contribution >= 4 is 39.3 Å². The molecule has 0 aromatic heterocycles. The molecule has 0 fully saturated rings. The van der Waals surface area contributed by atoms with Crippen LogP contribution >= 0.6 is 15.9 Å². The van der Waals surface area contributed by atoms with Gasteiger partial charge in [-0.25, -0.2) is 0 Å². The maximum Gasteiger partial charge on any atom is 0.270 e. The Morgan fingerprint density at radius 1 is 1.20 bits per heavy atom.